The quantitative estimate of drug-likeness (QED) is 0.701. The number of amides is 2. The van der Waals surface area contributed by atoms with E-state index in [1.165, 1.54) is 31.1 Å². The number of anilines is 1. The van der Waals surface area contributed by atoms with Gasteiger partial charge in [-0.1, -0.05) is 17.3 Å². The Morgan fingerprint density at radius 3 is 2.74 bits per heavy atom. The van der Waals surface area contributed by atoms with Gasteiger partial charge in [0.15, 0.2) is 5.82 Å². The highest BCUT2D eigenvalue weighted by molar-refractivity contribution is 6.00. The maximum atomic E-state index is 13.1. The van der Waals surface area contributed by atoms with E-state index in [0.717, 1.165) is 19.6 Å². The summed E-state index contributed by atoms with van der Waals surface area (Å²) in [6.45, 7) is 3.48. The number of para-hydroxylation sites is 1. The molecule has 2 N–H and O–H groups in total. The maximum Gasteiger partial charge on any atom is 0.258 e. The lowest BCUT2D eigenvalue weighted by molar-refractivity contribution is -0.886. The molecule has 0 bridgehead atoms. The molecule has 2 aromatic rings. The summed E-state index contributed by atoms with van der Waals surface area (Å²) >= 11 is 0. The number of nitrogens with one attached hydrogen (secondary N) is 2. The lowest BCUT2D eigenvalue weighted by Gasteiger charge is -2.24. The second-order valence-electron chi connectivity index (χ2n) is 6.57. The third kappa shape index (κ3) is 5.07. The van der Waals surface area contributed by atoms with Gasteiger partial charge in [-0.2, -0.15) is 0 Å². The third-order valence-corrected chi connectivity index (χ3v) is 4.71. The van der Waals surface area contributed by atoms with E-state index in [9.17, 15) is 9.59 Å². The van der Waals surface area contributed by atoms with Crippen molar-refractivity contribution in [2.24, 2.45) is 0 Å². The van der Waals surface area contributed by atoms with E-state index >= 15 is 0 Å². The lowest BCUT2D eigenvalue weighted by atomic mass is 10.1. The molecule has 3 rings (SSSR count). The summed E-state index contributed by atoms with van der Waals surface area (Å²) in [5.74, 6) is 0.290. The molecule has 1 fully saturated rings. The predicted molar refractivity (Wildman–Crippen MR) is 98.8 cm³/mol. The van der Waals surface area contributed by atoms with Crippen molar-refractivity contribution in [2.75, 3.05) is 45.2 Å². The van der Waals surface area contributed by atoms with Crippen LogP contribution in [0.1, 0.15) is 23.2 Å². The maximum absolute atomic E-state index is 13.1. The Kier molecular flexibility index (Phi) is 6.43. The zero-order valence-corrected chi connectivity index (χ0v) is 15.4. The summed E-state index contributed by atoms with van der Waals surface area (Å²) in [6, 6.07) is 8.61. The molecule has 0 atom stereocenters. The Balaban J connectivity index is 1.71. The van der Waals surface area contributed by atoms with Crippen LogP contribution in [0.4, 0.5) is 5.82 Å². The molecule has 1 aromatic heterocycles. The molecule has 0 aliphatic carbocycles. The molecule has 1 aliphatic heterocycles. The number of benzene rings is 1. The van der Waals surface area contributed by atoms with Gasteiger partial charge in [-0.3, -0.25) is 9.59 Å². The van der Waals surface area contributed by atoms with Gasteiger partial charge in [0.2, 0.25) is 5.91 Å². The average Bonchev–Trinajstić information content (AvgIpc) is 3.38. The highest BCUT2D eigenvalue weighted by Gasteiger charge is 2.24. The van der Waals surface area contributed by atoms with Crippen LogP contribution in [0, 0.1) is 0 Å². The second-order valence-corrected chi connectivity index (χ2v) is 6.57. The molecule has 1 aliphatic rings. The van der Waals surface area contributed by atoms with E-state index in [4.69, 9.17) is 9.26 Å². The third-order valence-electron chi connectivity index (χ3n) is 4.71. The molecule has 1 saturated heterocycles. The van der Waals surface area contributed by atoms with Crippen molar-refractivity contribution in [2.45, 2.75) is 12.8 Å². The zero-order valence-electron chi connectivity index (χ0n) is 15.4. The number of quaternary nitrogens is 1. The molecule has 8 nitrogen and oxygen atoms in total. The summed E-state index contributed by atoms with van der Waals surface area (Å²) in [6.07, 6.45) is 3.80. The van der Waals surface area contributed by atoms with Gasteiger partial charge < -0.3 is 24.4 Å². The number of methoxy groups -OCH3 is 1. The van der Waals surface area contributed by atoms with E-state index in [2.05, 4.69) is 10.5 Å². The fourth-order valence-corrected chi connectivity index (χ4v) is 3.29. The van der Waals surface area contributed by atoms with Crippen LogP contribution in [0.25, 0.3) is 0 Å². The summed E-state index contributed by atoms with van der Waals surface area (Å²) < 4.78 is 10.0. The van der Waals surface area contributed by atoms with E-state index in [1.807, 2.05) is 6.07 Å². The molecule has 2 heterocycles. The van der Waals surface area contributed by atoms with Gasteiger partial charge in [0.05, 0.1) is 38.9 Å². The topological polar surface area (TPSA) is 89.1 Å². The molecule has 144 valence electrons. The van der Waals surface area contributed by atoms with Crippen LogP contribution in [0.15, 0.2) is 41.1 Å². The molecule has 0 radical (unpaired) electrons. The Bertz CT molecular complexity index is 757. The van der Waals surface area contributed by atoms with E-state index < -0.39 is 0 Å². The van der Waals surface area contributed by atoms with E-state index in [-0.39, 0.29) is 18.4 Å². The molecule has 27 heavy (non-hydrogen) atoms. The Labute approximate surface area is 158 Å². The van der Waals surface area contributed by atoms with Crippen molar-refractivity contribution in [3.05, 3.63) is 42.2 Å². The molecular formula is C19H25N4O4+. The number of nitrogens with zero attached hydrogens (tertiary/aromatic N) is 2. The Hall–Kier alpha value is -2.87. The first-order chi connectivity index (χ1) is 13.2. The fourth-order valence-electron chi connectivity index (χ4n) is 3.29. The van der Waals surface area contributed by atoms with Crippen molar-refractivity contribution < 1.29 is 23.7 Å². The van der Waals surface area contributed by atoms with Gasteiger partial charge in [0, 0.05) is 18.9 Å². The highest BCUT2D eigenvalue weighted by atomic mass is 16.5. The van der Waals surface area contributed by atoms with Gasteiger partial charge in [-0.25, -0.2) is 0 Å². The molecule has 0 saturated carbocycles. The first-order valence-corrected chi connectivity index (χ1v) is 9.13. The monoisotopic (exact) mass is 373 g/mol. The van der Waals surface area contributed by atoms with Crippen LogP contribution < -0.4 is 15.0 Å². The number of aromatic nitrogens is 1. The SMILES string of the molecule is COc1ccccc1C(=O)N(CC[NH+]1CCCC1)CC(=O)Nc1ccon1. The summed E-state index contributed by atoms with van der Waals surface area (Å²) in [5, 5.41) is 6.31. The van der Waals surface area contributed by atoms with Gasteiger partial charge in [0.25, 0.3) is 5.91 Å². The predicted octanol–water partition coefficient (Wildman–Crippen LogP) is 0.443. The average molecular weight is 373 g/mol. The van der Waals surface area contributed by atoms with Crippen LogP contribution in [-0.2, 0) is 4.79 Å². The van der Waals surface area contributed by atoms with Crippen LogP contribution in [-0.4, -0.2) is 61.7 Å². The number of carbonyl (C=O) groups excluding carboxylic acids is 2. The minimum absolute atomic E-state index is 0.0585. The summed E-state index contributed by atoms with van der Waals surface area (Å²) in [5.41, 5.74) is 0.450. The largest absolute Gasteiger partial charge is 0.496 e. The van der Waals surface area contributed by atoms with Crippen LogP contribution in [0.2, 0.25) is 0 Å². The fraction of sp³-hybridized carbons (Fsp3) is 0.421. The molecule has 1 aromatic carbocycles. The van der Waals surface area contributed by atoms with Gasteiger partial charge in [-0.05, 0) is 12.1 Å². The molecule has 2 amide bonds. The summed E-state index contributed by atoms with van der Waals surface area (Å²) in [4.78, 5) is 28.5. The second kappa shape index (κ2) is 9.18. The minimum Gasteiger partial charge on any atom is -0.496 e. The molecule has 8 heteroatoms. The number of ether oxygens (including phenoxy) is 1. The van der Waals surface area contributed by atoms with Gasteiger partial charge >= 0.3 is 0 Å². The zero-order chi connectivity index (χ0) is 19.1. The molecule has 0 unspecified atom stereocenters. The Morgan fingerprint density at radius 1 is 1.26 bits per heavy atom. The van der Waals surface area contributed by atoms with Crippen molar-refractivity contribution in [3.8, 4) is 5.75 Å². The first-order valence-electron chi connectivity index (χ1n) is 9.13. The van der Waals surface area contributed by atoms with Crippen molar-refractivity contribution in [1.29, 1.82) is 0 Å². The van der Waals surface area contributed by atoms with Crippen molar-refractivity contribution in [3.63, 3.8) is 0 Å². The molecule has 0 spiro atoms. The highest BCUT2D eigenvalue weighted by Crippen LogP contribution is 2.19. The van der Waals surface area contributed by atoms with Crippen LogP contribution >= 0.6 is 0 Å². The Morgan fingerprint density at radius 2 is 2.04 bits per heavy atom. The molecular weight excluding hydrogens is 348 g/mol. The number of hydrogen-bond acceptors (Lipinski definition) is 5. The standard InChI is InChI=1S/C19H24N4O4/c1-26-16-7-3-2-6-15(16)19(25)23(12-11-22-9-4-5-10-22)14-18(24)20-17-8-13-27-21-17/h2-3,6-8,13H,4-5,9-12,14H2,1H3,(H,20,21,24)/p+1. The van der Waals surface area contributed by atoms with Gasteiger partial charge in [0.1, 0.15) is 18.6 Å². The lowest BCUT2D eigenvalue weighted by Crippen LogP contribution is -3.10. The number of carbonyl (C=O) groups is 2. The number of rotatable bonds is 8. The van der Waals surface area contributed by atoms with Crippen molar-refractivity contribution >= 4 is 17.6 Å². The first kappa shape index (κ1) is 18.9. The van der Waals surface area contributed by atoms with Crippen molar-refractivity contribution in [1.82, 2.24) is 10.1 Å². The van der Waals surface area contributed by atoms with E-state index in [0.29, 0.717) is 23.7 Å². The summed E-state index contributed by atoms with van der Waals surface area (Å²) in [7, 11) is 1.53. The smallest absolute Gasteiger partial charge is 0.258 e. The normalized spacial score (nSPS) is 14.1. The van der Waals surface area contributed by atoms with Gasteiger partial charge in [-0.15, -0.1) is 0 Å². The van der Waals surface area contributed by atoms with E-state index in [1.54, 1.807) is 29.2 Å². The number of hydrogen-bond donors (Lipinski definition) is 2. The van der Waals surface area contributed by atoms with Crippen LogP contribution in [0.5, 0.6) is 5.75 Å². The number of likely N-dealkylation sites (tertiary alicyclic amines) is 1. The minimum atomic E-state index is -0.316. The van der Waals surface area contributed by atoms with Crippen LogP contribution in [0.3, 0.4) is 0 Å².